The van der Waals surface area contributed by atoms with Crippen LogP contribution in [0.4, 0.5) is 5.95 Å². The normalized spacial score (nSPS) is 15.9. The number of hydrogen-bond acceptors (Lipinski definition) is 7. The van der Waals surface area contributed by atoms with Gasteiger partial charge in [-0.1, -0.05) is 29.8 Å². The number of anilines is 1. The van der Waals surface area contributed by atoms with Gasteiger partial charge in [-0.15, -0.1) is 10.2 Å². The van der Waals surface area contributed by atoms with Crippen molar-refractivity contribution in [3.63, 3.8) is 0 Å². The highest BCUT2D eigenvalue weighted by molar-refractivity contribution is 7.99. The Kier molecular flexibility index (Phi) is 6.66. The molecular weight excluding hydrogens is 424 g/mol. The molecule has 3 aromatic rings. The highest BCUT2D eigenvalue weighted by Gasteiger charge is 2.29. The number of hydrogen-bond donors (Lipinski definition) is 1. The van der Waals surface area contributed by atoms with Crippen molar-refractivity contribution >= 4 is 29.5 Å². The second-order valence-electron chi connectivity index (χ2n) is 6.75. The van der Waals surface area contributed by atoms with E-state index in [4.69, 9.17) is 25.8 Å². The molecule has 158 valence electrons. The zero-order chi connectivity index (χ0) is 20.9. The first kappa shape index (κ1) is 20.8. The minimum absolute atomic E-state index is 0.124. The molecule has 7 nitrogen and oxygen atoms in total. The van der Waals surface area contributed by atoms with Crippen LogP contribution in [0, 0.1) is 0 Å². The van der Waals surface area contributed by atoms with Crippen LogP contribution in [0.15, 0.2) is 42.5 Å². The van der Waals surface area contributed by atoms with E-state index in [1.165, 1.54) is 11.9 Å². The van der Waals surface area contributed by atoms with Crippen molar-refractivity contribution in [3.8, 4) is 17.2 Å². The van der Waals surface area contributed by atoms with E-state index in [9.17, 15) is 0 Å². The van der Waals surface area contributed by atoms with Crippen LogP contribution in [0.3, 0.4) is 0 Å². The monoisotopic (exact) mass is 446 g/mol. The molecule has 0 spiro atoms. The molecule has 30 heavy (non-hydrogen) atoms. The van der Waals surface area contributed by atoms with Gasteiger partial charge in [0.2, 0.25) is 5.95 Å². The van der Waals surface area contributed by atoms with Crippen LogP contribution < -0.4 is 14.2 Å². The van der Waals surface area contributed by atoms with E-state index in [1.807, 2.05) is 47.0 Å². The summed E-state index contributed by atoms with van der Waals surface area (Å²) in [7, 11) is 3.27. The number of para-hydroxylation sites is 1. The van der Waals surface area contributed by atoms with Crippen LogP contribution in [0.2, 0.25) is 5.02 Å². The van der Waals surface area contributed by atoms with Crippen molar-refractivity contribution < 1.29 is 14.2 Å². The molecule has 4 rings (SSSR count). The van der Waals surface area contributed by atoms with E-state index >= 15 is 0 Å². The predicted molar refractivity (Wildman–Crippen MR) is 119 cm³/mol. The minimum atomic E-state index is -0.124. The zero-order valence-corrected chi connectivity index (χ0v) is 18.4. The molecule has 1 unspecified atom stereocenters. The Morgan fingerprint density at radius 2 is 1.93 bits per heavy atom. The first-order chi connectivity index (χ1) is 14.7. The average molecular weight is 447 g/mol. The maximum Gasteiger partial charge on any atom is 0.239 e. The Hall–Kier alpha value is -2.42. The number of aromatic nitrogens is 3. The quantitative estimate of drug-likeness (QED) is 0.485. The molecule has 0 bridgehead atoms. The summed E-state index contributed by atoms with van der Waals surface area (Å²) in [5.74, 6) is 3.34. The summed E-state index contributed by atoms with van der Waals surface area (Å²) >= 11 is 7.60. The fraction of sp³-hybridized carbons (Fsp3) is 0.333. The van der Waals surface area contributed by atoms with Gasteiger partial charge >= 0.3 is 0 Å². The molecule has 0 radical (unpaired) electrons. The lowest BCUT2D eigenvalue weighted by Gasteiger charge is -2.19. The van der Waals surface area contributed by atoms with Crippen LogP contribution in [0.5, 0.6) is 11.5 Å². The van der Waals surface area contributed by atoms with Crippen molar-refractivity contribution in [2.75, 3.05) is 25.5 Å². The second kappa shape index (κ2) is 9.59. The number of benzene rings is 2. The van der Waals surface area contributed by atoms with E-state index in [0.717, 1.165) is 34.9 Å². The van der Waals surface area contributed by atoms with Gasteiger partial charge < -0.3 is 14.2 Å². The summed E-state index contributed by atoms with van der Waals surface area (Å²) in [6.45, 7) is 0.715. The van der Waals surface area contributed by atoms with Crippen LogP contribution in [-0.4, -0.2) is 35.6 Å². The fourth-order valence-corrected chi connectivity index (χ4v) is 4.33. The van der Waals surface area contributed by atoms with Crippen LogP contribution in [0.1, 0.15) is 30.3 Å². The standard InChI is InChI=1S/C21H23ClN4O3S/c1-27-16-8-4-9-17(28-2)19(16)26-20(18-10-5-11-29-18)23-24-21(26)25-30-13-14-6-3-7-15(22)12-14/h3-4,6-9,12,18H,5,10-11,13H2,1-2H3,(H,24,25). The molecule has 1 fully saturated rings. The molecule has 0 amide bonds. The third kappa shape index (κ3) is 4.35. The van der Waals surface area contributed by atoms with Gasteiger partial charge in [0.25, 0.3) is 0 Å². The third-order valence-corrected chi connectivity index (χ3v) is 5.86. The Morgan fingerprint density at radius 3 is 2.60 bits per heavy atom. The van der Waals surface area contributed by atoms with Crippen molar-refractivity contribution in [3.05, 3.63) is 58.9 Å². The fourth-order valence-electron chi connectivity index (χ4n) is 3.44. The van der Waals surface area contributed by atoms with Gasteiger partial charge in [-0.2, -0.15) is 0 Å². The molecule has 1 saturated heterocycles. The van der Waals surface area contributed by atoms with Crippen LogP contribution >= 0.6 is 23.5 Å². The molecule has 1 atom stereocenters. The lowest BCUT2D eigenvalue weighted by Crippen LogP contribution is -2.11. The summed E-state index contributed by atoms with van der Waals surface area (Å²) < 4.78 is 22.4. The first-order valence-electron chi connectivity index (χ1n) is 9.61. The van der Waals surface area contributed by atoms with Gasteiger partial charge in [0.1, 0.15) is 23.3 Å². The lowest BCUT2D eigenvalue weighted by molar-refractivity contribution is 0.103. The Labute approximate surface area is 184 Å². The lowest BCUT2D eigenvalue weighted by atomic mass is 10.2. The van der Waals surface area contributed by atoms with E-state index in [2.05, 4.69) is 14.9 Å². The smallest absolute Gasteiger partial charge is 0.239 e. The summed E-state index contributed by atoms with van der Waals surface area (Å²) in [6.07, 6.45) is 1.76. The summed E-state index contributed by atoms with van der Waals surface area (Å²) in [5.41, 5.74) is 1.85. The molecule has 1 aliphatic heterocycles. The van der Waals surface area contributed by atoms with Crippen molar-refractivity contribution in [2.45, 2.75) is 24.7 Å². The molecule has 1 aromatic heterocycles. The van der Waals surface area contributed by atoms with Crippen LogP contribution in [0.25, 0.3) is 5.69 Å². The summed E-state index contributed by atoms with van der Waals surface area (Å²) in [5, 5.41) is 9.56. The maximum atomic E-state index is 6.09. The highest BCUT2D eigenvalue weighted by Crippen LogP contribution is 2.39. The van der Waals surface area contributed by atoms with Gasteiger partial charge in [0, 0.05) is 17.4 Å². The van der Waals surface area contributed by atoms with Crippen molar-refractivity contribution in [1.82, 2.24) is 14.8 Å². The average Bonchev–Trinajstić information content (AvgIpc) is 3.43. The van der Waals surface area contributed by atoms with Gasteiger partial charge in [0.15, 0.2) is 5.82 Å². The van der Waals surface area contributed by atoms with E-state index in [0.29, 0.717) is 29.8 Å². The molecule has 0 saturated carbocycles. The zero-order valence-electron chi connectivity index (χ0n) is 16.8. The molecule has 2 heterocycles. The van der Waals surface area contributed by atoms with Gasteiger partial charge in [-0.3, -0.25) is 9.29 Å². The minimum Gasteiger partial charge on any atom is -0.494 e. The molecule has 1 N–H and O–H groups in total. The van der Waals surface area contributed by atoms with E-state index in [1.54, 1.807) is 14.2 Å². The second-order valence-corrected chi connectivity index (χ2v) is 7.97. The largest absolute Gasteiger partial charge is 0.494 e. The van der Waals surface area contributed by atoms with Crippen molar-refractivity contribution in [2.24, 2.45) is 0 Å². The third-order valence-electron chi connectivity index (χ3n) is 4.82. The SMILES string of the molecule is COc1cccc(OC)c1-n1c(NSCc2cccc(Cl)c2)nnc1C1CCCO1. The van der Waals surface area contributed by atoms with Crippen LogP contribution in [-0.2, 0) is 10.5 Å². The van der Waals surface area contributed by atoms with E-state index in [-0.39, 0.29) is 6.10 Å². The van der Waals surface area contributed by atoms with Gasteiger partial charge in [0.05, 0.1) is 14.2 Å². The van der Waals surface area contributed by atoms with E-state index < -0.39 is 0 Å². The number of nitrogens with one attached hydrogen (secondary N) is 1. The molecule has 2 aromatic carbocycles. The summed E-state index contributed by atoms with van der Waals surface area (Å²) in [6, 6.07) is 13.4. The summed E-state index contributed by atoms with van der Waals surface area (Å²) in [4.78, 5) is 0. The first-order valence-corrected chi connectivity index (χ1v) is 11.0. The number of nitrogens with zero attached hydrogens (tertiary/aromatic N) is 3. The Morgan fingerprint density at radius 1 is 1.17 bits per heavy atom. The predicted octanol–water partition coefficient (Wildman–Crippen LogP) is 5.05. The Bertz CT molecular complexity index is 985. The number of halogens is 1. The topological polar surface area (TPSA) is 70.4 Å². The number of rotatable bonds is 8. The maximum absolute atomic E-state index is 6.09. The number of ether oxygens (including phenoxy) is 3. The van der Waals surface area contributed by atoms with Crippen molar-refractivity contribution in [1.29, 1.82) is 0 Å². The van der Waals surface area contributed by atoms with Gasteiger partial charge in [-0.05, 0) is 54.6 Å². The number of methoxy groups -OCH3 is 2. The highest BCUT2D eigenvalue weighted by atomic mass is 35.5. The molecule has 0 aliphatic carbocycles. The molecule has 9 heteroatoms. The molecular formula is C21H23ClN4O3S. The molecule has 1 aliphatic rings. The van der Waals surface area contributed by atoms with Gasteiger partial charge in [-0.25, -0.2) is 0 Å². The Balaban J connectivity index is 1.68.